The molecule has 0 aliphatic rings. The van der Waals surface area contributed by atoms with Crippen molar-refractivity contribution in [3.05, 3.63) is 17.8 Å². The Bertz CT molecular complexity index is 529. The monoisotopic (exact) mass is 248 g/mol. The lowest BCUT2D eigenvalue weighted by molar-refractivity contribution is 0.152. The molecule has 2 aromatic heterocycles. The van der Waals surface area contributed by atoms with Gasteiger partial charge >= 0.3 is 0 Å². The number of hydrogen-bond acceptors (Lipinski definition) is 4. The van der Waals surface area contributed by atoms with Crippen molar-refractivity contribution in [3.63, 3.8) is 0 Å². The summed E-state index contributed by atoms with van der Waals surface area (Å²) in [6, 6.07) is 2.14. The third-order valence-corrected chi connectivity index (χ3v) is 3.15. The van der Waals surface area contributed by atoms with Gasteiger partial charge in [0, 0.05) is 13.3 Å². The number of hydrogen-bond donors (Lipinski definition) is 1. The molecule has 0 aliphatic carbocycles. The molecular formula is C13H20N4O. The Labute approximate surface area is 107 Å². The average molecular weight is 248 g/mol. The highest BCUT2D eigenvalue weighted by atomic mass is 16.5. The van der Waals surface area contributed by atoms with Crippen molar-refractivity contribution < 1.29 is 4.74 Å². The first-order chi connectivity index (χ1) is 8.69. The molecule has 1 unspecified atom stereocenters. The Morgan fingerprint density at radius 1 is 1.50 bits per heavy atom. The van der Waals surface area contributed by atoms with Crippen LogP contribution in [0.15, 0.2) is 12.3 Å². The van der Waals surface area contributed by atoms with Crippen molar-refractivity contribution in [2.45, 2.75) is 32.7 Å². The van der Waals surface area contributed by atoms with Gasteiger partial charge in [0.1, 0.15) is 5.52 Å². The molecule has 2 aromatic rings. The number of nitrogen functional groups attached to an aromatic ring is 1. The van der Waals surface area contributed by atoms with Gasteiger partial charge in [-0.1, -0.05) is 13.3 Å². The van der Waals surface area contributed by atoms with Gasteiger partial charge in [0.15, 0.2) is 5.65 Å². The molecule has 0 bridgehead atoms. The van der Waals surface area contributed by atoms with Gasteiger partial charge in [-0.05, 0) is 25.0 Å². The molecule has 0 spiro atoms. The number of nitrogens with two attached hydrogens (primary N) is 1. The quantitative estimate of drug-likeness (QED) is 0.881. The first kappa shape index (κ1) is 12.8. The SMILES string of the molecule is CCCC(COC)n1c(N)nc2c(C)ccnc21. The Morgan fingerprint density at radius 3 is 2.94 bits per heavy atom. The van der Waals surface area contributed by atoms with Gasteiger partial charge < -0.3 is 10.5 Å². The fraction of sp³-hybridized carbons (Fsp3) is 0.538. The summed E-state index contributed by atoms with van der Waals surface area (Å²) < 4.78 is 7.28. The van der Waals surface area contributed by atoms with Crippen molar-refractivity contribution in [2.24, 2.45) is 0 Å². The number of nitrogens with zero attached hydrogens (tertiary/aromatic N) is 3. The van der Waals surface area contributed by atoms with Crippen LogP contribution in [-0.2, 0) is 4.74 Å². The summed E-state index contributed by atoms with van der Waals surface area (Å²) in [6.45, 7) is 4.79. The molecule has 18 heavy (non-hydrogen) atoms. The maximum absolute atomic E-state index is 6.04. The van der Waals surface area contributed by atoms with Crippen LogP contribution in [0.5, 0.6) is 0 Å². The number of ether oxygens (including phenoxy) is 1. The molecule has 2 rings (SSSR count). The second kappa shape index (κ2) is 5.35. The molecule has 0 saturated heterocycles. The number of aromatic nitrogens is 3. The molecular weight excluding hydrogens is 228 g/mol. The number of pyridine rings is 1. The number of imidazole rings is 1. The standard InChI is InChI=1S/C13H20N4O/c1-4-5-10(8-18-3)17-12-11(16-13(17)14)9(2)6-7-15-12/h6-7,10H,4-5,8H2,1-3H3,(H2,14,16). The van der Waals surface area contributed by atoms with Crippen LogP contribution in [0.4, 0.5) is 5.95 Å². The van der Waals surface area contributed by atoms with Crippen LogP contribution < -0.4 is 5.73 Å². The normalized spacial score (nSPS) is 13.1. The highest BCUT2D eigenvalue weighted by molar-refractivity contribution is 5.77. The molecule has 0 aromatic carbocycles. The maximum atomic E-state index is 6.04. The predicted molar refractivity (Wildman–Crippen MR) is 72.5 cm³/mol. The van der Waals surface area contributed by atoms with E-state index in [1.807, 2.05) is 17.6 Å². The van der Waals surface area contributed by atoms with Crippen LogP contribution in [0.25, 0.3) is 11.2 Å². The van der Waals surface area contributed by atoms with Gasteiger partial charge in [0.25, 0.3) is 0 Å². The molecule has 2 N–H and O–H groups in total. The van der Waals surface area contributed by atoms with E-state index in [9.17, 15) is 0 Å². The lowest BCUT2D eigenvalue weighted by Gasteiger charge is -2.18. The van der Waals surface area contributed by atoms with Gasteiger partial charge in [-0.2, -0.15) is 0 Å². The zero-order chi connectivity index (χ0) is 13.1. The van der Waals surface area contributed by atoms with E-state index in [2.05, 4.69) is 16.9 Å². The highest BCUT2D eigenvalue weighted by Gasteiger charge is 2.18. The van der Waals surface area contributed by atoms with E-state index in [-0.39, 0.29) is 6.04 Å². The molecule has 0 amide bonds. The Balaban J connectivity index is 2.54. The van der Waals surface area contributed by atoms with Crippen molar-refractivity contribution in [2.75, 3.05) is 19.5 Å². The van der Waals surface area contributed by atoms with E-state index in [4.69, 9.17) is 10.5 Å². The van der Waals surface area contributed by atoms with Gasteiger partial charge in [0.2, 0.25) is 5.95 Å². The second-order valence-electron chi connectivity index (χ2n) is 4.54. The van der Waals surface area contributed by atoms with Crippen LogP contribution >= 0.6 is 0 Å². The minimum absolute atomic E-state index is 0.194. The number of anilines is 1. The van der Waals surface area contributed by atoms with Crippen molar-refractivity contribution in [3.8, 4) is 0 Å². The summed E-state index contributed by atoms with van der Waals surface area (Å²) >= 11 is 0. The highest BCUT2D eigenvalue weighted by Crippen LogP contribution is 2.25. The zero-order valence-corrected chi connectivity index (χ0v) is 11.2. The average Bonchev–Trinajstić information content (AvgIpc) is 2.67. The van der Waals surface area contributed by atoms with Crippen molar-refractivity contribution in [1.29, 1.82) is 0 Å². The van der Waals surface area contributed by atoms with E-state index in [0.717, 1.165) is 29.6 Å². The zero-order valence-electron chi connectivity index (χ0n) is 11.2. The molecule has 5 nitrogen and oxygen atoms in total. The summed E-state index contributed by atoms with van der Waals surface area (Å²) in [5.41, 5.74) is 8.87. The maximum Gasteiger partial charge on any atom is 0.202 e. The molecule has 1 atom stereocenters. The first-order valence-corrected chi connectivity index (χ1v) is 6.27. The van der Waals surface area contributed by atoms with Crippen molar-refractivity contribution in [1.82, 2.24) is 14.5 Å². The first-order valence-electron chi connectivity index (χ1n) is 6.27. The van der Waals surface area contributed by atoms with Crippen LogP contribution in [0.2, 0.25) is 0 Å². The summed E-state index contributed by atoms with van der Waals surface area (Å²) in [5, 5.41) is 0. The molecule has 0 saturated carbocycles. The fourth-order valence-electron chi connectivity index (χ4n) is 2.30. The van der Waals surface area contributed by atoms with E-state index in [1.165, 1.54) is 0 Å². The predicted octanol–water partition coefficient (Wildman–Crippen LogP) is 2.31. The van der Waals surface area contributed by atoms with Gasteiger partial charge in [0.05, 0.1) is 12.6 Å². The third kappa shape index (κ3) is 2.18. The minimum Gasteiger partial charge on any atom is -0.383 e. The summed E-state index contributed by atoms with van der Waals surface area (Å²) in [6.07, 6.45) is 3.86. The Hall–Kier alpha value is -1.62. The van der Waals surface area contributed by atoms with Crippen LogP contribution in [0.3, 0.4) is 0 Å². The molecule has 2 heterocycles. The largest absolute Gasteiger partial charge is 0.383 e. The van der Waals surface area contributed by atoms with Crippen LogP contribution in [0, 0.1) is 6.92 Å². The summed E-state index contributed by atoms with van der Waals surface area (Å²) in [4.78, 5) is 8.83. The van der Waals surface area contributed by atoms with E-state index < -0.39 is 0 Å². The minimum atomic E-state index is 0.194. The van der Waals surface area contributed by atoms with Crippen LogP contribution in [-0.4, -0.2) is 28.3 Å². The van der Waals surface area contributed by atoms with Crippen LogP contribution in [0.1, 0.15) is 31.4 Å². The lowest BCUT2D eigenvalue weighted by Crippen LogP contribution is -2.17. The molecule has 98 valence electrons. The fourth-order valence-corrected chi connectivity index (χ4v) is 2.30. The van der Waals surface area contributed by atoms with E-state index in [1.54, 1.807) is 13.3 Å². The summed E-state index contributed by atoms with van der Waals surface area (Å²) in [5.74, 6) is 0.516. The number of aryl methyl sites for hydroxylation is 1. The number of rotatable bonds is 5. The molecule has 0 radical (unpaired) electrons. The number of methoxy groups -OCH3 is 1. The van der Waals surface area contributed by atoms with Gasteiger partial charge in [-0.15, -0.1) is 0 Å². The van der Waals surface area contributed by atoms with Gasteiger partial charge in [-0.3, -0.25) is 4.57 Å². The summed E-state index contributed by atoms with van der Waals surface area (Å²) in [7, 11) is 1.71. The number of fused-ring (bicyclic) bond motifs is 1. The Kier molecular flexibility index (Phi) is 3.81. The molecule has 0 fully saturated rings. The molecule has 0 aliphatic heterocycles. The van der Waals surface area contributed by atoms with E-state index in [0.29, 0.717) is 12.6 Å². The Morgan fingerprint density at radius 2 is 2.28 bits per heavy atom. The van der Waals surface area contributed by atoms with Crippen molar-refractivity contribution >= 4 is 17.1 Å². The van der Waals surface area contributed by atoms with Gasteiger partial charge in [-0.25, -0.2) is 9.97 Å². The third-order valence-electron chi connectivity index (χ3n) is 3.15. The topological polar surface area (TPSA) is 66.0 Å². The lowest BCUT2D eigenvalue weighted by atomic mass is 10.1. The van der Waals surface area contributed by atoms with E-state index >= 15 is 0 Å². The second-order valence-corrected chi connectivity index (χ2v) is 4.54. The smallest absolute Gasteiger partial charge is 0.202 e. The molecule has 5 heteroatoms.